The molecule has 0 aliphatic carbocycles. The zero-order valence-electron chi connectivity index (χ0n) is 13.3. The van der Waals surface area contributed by atoms with Gasteiger partial charge in [0, 0.05) is 13.0 Å². The van der Waals surface area contributed by atoms with Gasteiger partial charge in [-0.1, -0.05) is 30.3 Å². The summed E-state index contributed by atoms with van der Waals surface area (Å²) in [6, 6.07) is 14.0. The Kier molecular flexibility index (Phi) is 5.13. The molecule has 0 unspecified atom stereocenters. The number of carbonyl (C=O) groups is 1. The van der Waals surface area contributed by atoms with Crippen molar-refractivity contribution in [2.45, 2.75) is 25.7 Å². The maximum Gasteiger partial charge on any atom is 0.371 e. The molecule has 1 aromatic heterocycles. The van der Waals surface area contributed by atoms with Gasteiger partial charge in [0.1, 0.15) is 5.76 Å². The quantitative estimate of drug-likeness (QED) is 0.887. The molecular weight excluding hydrogens is 290 g/mol. The van der Waals surface area contributed by atoms with Gasteiger partial charge in [-0.2, -0.15) is 0 Å². The smallest absolute Gasteiger partial charge is 0.371 e. The highest BCUT2D eigenvalue weighted by atomic mass is 16.4. The van der Waals surface area contributed by atoms with E-state index in [0.29, 0.717) is 5.92 Å². The van der Waals surface area contributed by atoms with Crippen LogP contribution in [0.4, 0.5) is 0 Å². The van der Waals surface area contributed by atoms with E-state index in [0.717, 1.165) is 51.1 Å². The van der Waals surface area contributed by atoms with Crippen molar-refractivity contribution >= 4 is 5.97 Å². The highest BCUT2D eigenvalue weighted by Gasteiger charge is 2.21. The maximum absolute atomic E-state index is 10.8. The third kappa shape index (κ3) is 4.45. The van der Waals surface area contributed by atoms with Gasteiger partial charge < -0.3 is 14.4 Å². The summed E-state index contributed by atoms with van der Waals surface area (Å²) in [6.45, 7) is 3.34. The number of piperidine rings is 1. The Hall–Kier alpha value is -2.07. The first-order valence-corrected chi connectivity index (χ1v) is 8.29. The summed E-state index contributed by atoms with van der Waals surface area (Å²) >= 11 is 0. The maximum atomic E-state index is 10.8. The summed E-state index contributed by atoms with van der Waals surface area (Å²) in [5.74, 6) is 0.438. The summed E-state index contributed by atoms with van der Waals surface area (Å²) in [5.41, 5.74) is 1.39. The highest BCUT2D eigenvalue weighted by Crippen LogP contribution is 2.23. The number of carboxylic acids is 1. The number of carboxylic acid groups (broad SMARTS) is 1. The average Bonchev–Trinajstić information content (AvgIpc) is 3.04. The van der Waals surface area contributed by atoms with E-state index in [2.05, 4.69) is 35.2 Å². The minimum Gasteiger partial charge on any atom is -0.475 e. The number of hydrogen-bond acceptors (Lipinski definition) is 3. The van der Waals surface area contributed by atoms with E-state index in [1.54, 1.807) is 12.1 Å². The largest absolute Gasteiger partial charge is 0.475 e. The van der Waals surface area contributed by atoms with Crippen LogP contribution in [-0.4, -0.2) is 35.6 Å². The van der Waals surface area contributed by atoms with E-state index >= 15 is 0 Å². The van der Waals surface area contributed by atoms with Gasteiger partial charge in [0.15, 0.2) is 0 Å². The van der Waals surface area contributed by atoms with Crippen LogP contribution in [-0.2, 0) is 12.8 Å². The lowest BCUT2D eigenvalue weighted by Gasteiger charge is -2.31. The van der Waals surface area contributed by atoms with E-state index in [9.17, 15) is 4.79 Å². The van der Waals surface area contributed by atoms with Crippen LogP contribution in [0.2, 0.25) is 0 Å². The van der Waals surface area contributed by atoms with Crippen LogP contribution in [0.5, 0.6) is 0 Å². The van der Waals surface area contributed by atoms with Crippen molar-refractivity contribution in [1.29, 1.82) is 0 Å². The molecule has 3 rings (SSSR count). The van der Waals surface area contributed by atoms with Crippen molar-refractivity contribution in [3.05, 3.63) is 59.5 Å². The molecule has 1 aliphatic rings. The summed E-state index contributed by atoms with van der Waals surface area (Å²) in [4.78, 5) is 13.4. The molecule has 122 valence electrons. The molecule has 1 aromatic carbocycles. The minimum atomic E-state index is -0.994. The number of hydrogen-bond donors (Lipinski definition) is 1. The lowest BCUT2D eigenvalue weighted by molar-refractivity contribution is 0.0659. The Morgan fingerprint density at radius 1 is 1.13 bits per heavy atom. The number of nitrogens with zero attached hydrogens (tertiary/aromatic N) is 1. The molecule has 0 bridgehead atoms. The third-order valence-electron chi connectivity index (χ3n) is 4.63. The topological polar surface area (TPSA) is 53.7 Å². The van der Waals surface area contributed by atoms with Crippen LogP contribution in [0, 0.1) is 5.92 Å². The fraction of sp³-hybridized carbons (Fsp3) is 0.421. The van der Waals surface area contributed by atoms with E-state index in [1.807, 2.05) is 0 Å². The van der Waals surface area contributed by atoms with Gasteiger partial charge in [0.05, 0.1) is 0 Å². The first kappa shape index (κ1) is 15.8. The molecule has 1 fully saturated rings. The molecule has 23 heavy (non-hydrogen) atoms. The van der Waals surface area contributed by atoms with Gasteiger partial charge in [-0.15, -0.1) is 0 Å². The van der Waals surface area contributed by atoms with Gasteiger partial charge in [-0.3, -0.25) is 0 Å². The SMILES string of the molecule is O=C(O)c1ccc(CC2CCN(CCc3ccccc3)CC2)o1. The molecule has 0 saturated carbocycles. The van der Waals surface area contributed by atoms with E-state index in [-0.39, 0.29) is 5.76 Å². The van der Waals surface area contributed by atoms with Crippen LogP contribution in [0.15, 0.2) is 46.9 Å². The summed E-state index contributed by atoms with van der Waals surface area (Å²) in [7, 11) is 0. The van der Waals surface area contributed by atoms with Crippen LogP contribution >= 0.6 is 0 Å². The van der Waals surface area contributed by atoms with Crippen LogP contribution < -0.4 is 0 Å². The molecule has 4 nitrogen and oxygen atoms in total. The fourth-order valence-electron chi connectivity index (χ4n) is 3.23. The molecule has 1 N–H and O–H groups in total. The van der Waals surface area contributed by atoms with Crippen molar-refractivity contribution in [1.82, 2.24) is 4.90 Å². The van der Waals surface area contributed by atoms with Gasteiger partial charge in [0.25, 0.3) is 0 Å². The highest BCUT2D eigenvalue weighted by molar-refractivity contribution is 5.84. The second-order valence-electron chi connectivity index (χ2n) is 6.30. The summed E-state index contributed by atoms with van der Waals surface area (Å²) in [5, 5.41) is 8.89. The predicted molar refractivity (Wildman–Crippen MR) is 88.7 cm³/mol. The van der Waals surface area contributed by atoms with Crippen molar-refractivity contribution in [2.24, 2.45) is 5.92 Å². The lowest BCUT2D eigenvalue weighted by atomic mass is 9.92. The van der Waals surface area contributed by atoms with E-state index in [1.165, 1.54) is 5.56 Å². The zero-order chi connectivity index (χ0) is 16.1. The Morgan fingerprint density at radius 3 is 2.52 bits per heavy atom. The molecule has 4 heteroatoms. The molecule has 1 aliphatic heterocycles. The van der Waals surface area contributed by atoms with Crippen molar-refractivity contribution < 1.29 is 14.3 Å². The van der Waals surface area contributed by atoms with Gasteiger partial charge in [-0.25, -0.2) is 4.79 Å². The molecule has 2 aromatic rings. The molecule has 0 amide bonds. The standard InChI is InChI=1S/C19H23NO3/c21-19(22)18-7-6-17(23-18)14-16-9-12-20(13-10-16)11-8-15-4-2-1-3-5-15/h1-7,16H,8-14H2,(H,21,22). The van der Waals surface area contributed by atoms with Crippen molar-refractivity contribution in [3.8, 4) is 0 Å². The Labute approximate surface area is 136 Å². The summed E-state index contributed by atoms with van der Waals surface area (Å²) in [6.07, 6.45) is 4.25. The predicted octanol–water partition coefficient (Wildman–Crippen LogP) is 3.48. The number of furan rings is 1. The fourth-order valence-corrected chi connectivity index (χ4v) is 3.23. The average molecular weight is 313 g/mol. The first-order valence-electron chi connectivity index (χ1n) is 8.29. The Bertz CT molecular complexity index is 627. The third-order valence-corrected chi connectivity index (χ3v) is 4.63. The van der Waals surface area contributed by atoms with Crippen LogP contribution in [0.3, 0.4) is 0 Å². The molecule has 1 saturated heterocycles. The molecule has 0 atom stereocenters. The number of benzene rings is 1. The van der Waals surface area contributed by atoms with Crippen molar-refractivity contribution in [3.63, 3.8) is 0 Å². The monoisotopic (exact) mass is 313 g/mol. The summed E-state index contributed by atoms with van der Waals surface area (Å²) < 4.78 is 5.37. The Balaban J connectivity index is 1.42. The first-order chi connectivity index (χ1) is 11.2. The van der Waals surface area contributed by atoms with Crippen LogP contribution in [0.25, 0.3) is 0 Å². The number of rotatable bonds is 6. The van der Waals surface area contributed by atoms with Gasteiger partial charge in [-0.05, 0) is 56.0 Å². The lowest BCUT2D eigenvalue weighted by Crippen LogP contribution is -2.35. The van der Waals surface area contributed by atoms with E-state index in [4.69, 9.17) is 9.52 Å². The van der Waals surface area contributed by atoms with E-state index < -0.39 is 5.97 Å². The second-order valence-corrected chi connectivity index (χ2v) is 6.30. The van der Waals surface area contributed by atoms with Gasteiger partial charge in [0.2, 0.25) is 5.76 Å². The van der Waals surface area contributed by atoms with Gasteiger partial charge >= 0.3 is 5.97 Å². The van der Waals surface area contributed by atoms with Crippen LogP contribution in [0.1, 0.15) is 34.7 Å². The number of aromatic carboxylic acids is 1. The second kappa shape index (κ2) is 7.47. The molecule has 0 spiro atoms. The van der Waals surface area contributed by atoms with Crippen molar-refractivity contribution in [2.75, 3.05) is 19.6 Å². The molecule has 2 heterocycles. The minimum absolute atomic E-state index is 0.0419. The molecule has 0 radical (unpaired) electrons. The normalized spacial score (nSPS) is 16.5. The Morgan fingerprint density at radius 2 is 1.87 bits per heavy atom. The number of likely N-dealkylation sites (tertiary alicyclic amines) is 1. The molecular formula is C19H23NO3. The zero-order valence-corrected chi connectivity index (χ0v) is 13.3.